The molecule has 0 aliphatic carbocycles. The second kappa shape index (κ2) is 4.87. The lowest BCUT2D eigenvalue weighted by Gasteiger charge is -2.38. The molecule has 19 heavy (non-hydrogen) atoms. The first-order valence-corrected chi connectivity index (χ1v) is 6.10. The average molecular weight is 264 g/mol. The van der Waals surface area contributed by atoms with Gasteiger partial charge in [-0.2, -0.15) is 0 Å². The van der Waals surface area contributed by atoms with E-state index in [4.69, 9.17) is 5.11 Å². The van der Waals surface area contributed by atoms with Crippen LogP contribution in [-0.4, -0.2) is 40.0 Å². The molecule has 0 atom stereocenters. The Balaban J connectivity index is 2.11. The fourth-order valence-corrected chi connectivity index (χ4v) is 2.39. The highest BCUT2D eigenvalue weighted by Crippen LogP contribution is 2.21. The summed E-state index contributed by atoms with van der Waals surface area (Å²) in [5.41, 5.74) is 1.13. The Morgan fingerprint density at radius 2 is 2.05 bits per heavy atom. The maximum atomic E-state index is 12.2. The summed E-state index contributed by atoms with van der Waals surface area (Å²) in [5, 5.41) is 8.65. The summed E-state index contributed by atoms with van der Waals surface area (Å²) in [6.07, 6.45) is 0.0625. The van der Waals surface area contributed by atoms with Crippen LogP contribution in [0.25, 0.3) is 0 Å². The number of aliphatic carboxylic acids is 1. The van der Waals surface area contributed by atoms with Crippen molar-refractivity contribution in [3.63, 3.8) is 0 Å². The van der Waals surface area contributed by atoms with E-state index in [-0.39, 0.29) is 29.4 Å². The summed E-state index contributed by atoms with van der Waals surface area (Å²) in [5.74, 6) is -1.19. The first-order valence-electron chi connectivity index (χ1n) is 6.10. The number of rotatable bonds is 3. The van der Waals surface area contributed by atoms with Gasteiger partial charge in [-0.3, -0.25) is 14.4 Å². The van der Waals surface area contributed by atoms with Crippen LogP contribution >= 0.6 is 0 Å². The van der Waals surface area contributed by atoms with Gasteiger partial charge in [0.1, 0.15) is 5.56 Å². The van der Waals surface area contributed by atoms with Gasteiger partial charge in [0, 0.05) is 24.7 Å². The van der Waals surface area contributed by atoms with E-state index in [0.29, 0.717) is 24.3 Å². The number of likely N-dealkylation sites (tertiary alicyclic amines) is 1. The van der Waals surface area contributed by atoms with E-state index < -0.39 is 5.97 Å². The molecule has 0 bridgehead atoms. The minimum atomic E-state index is -0.860. The number of pyridine rings is 1. The molecule has 1 fully saturated rings. The summed E-state index contributed by atoms with van der Waals surface area (Å²) >= 11 is 0. The lowest BCUT2D eigenvalue weighted by Crippen LogP contribution is -2.51. The predicted octanol–water partition coefficient (Wildman–Crippen LogP) is 0.538. The molecule has 0 radical (unpaired) electrons. The summed E-state index contributed by atoms with van der Waals surface area (Å²) < 4.78 is 0. The van der Waals surface area contributed by atoms with E-state index in [2.05, 4.69) is 4.98 Å². The lowest BCUT2D eigenvalue weighted by atomic mass is 9.95. The van der Waals surface area contributed by atoms with Crippen LogP contribution in [0, 0.1) is 19.8 Å². The van der Waals surface area contributed by atoms with Gasteiger partial charge >= 0.3 is 5.97 Å². The monoisotopic (exact) mass is 264 g/mol. The van der Waals surface area contributed by atoms with Gasteiger partial charge in [0.2, 0.25) is 0 Å². The first kappa shape index (κ1) is 13.3. The van der Waals surface area contributed by atoms with Gasteiger partial charge in [0.25, 0.3) is 11.5 Å². The van der Waals surface area contributed by atoms with E-state index in [1.807, 2.05) is 0 Å². The van der Waals surface area contributed by atoms with Crippen molar-refractivity contribution in [1.82, 2.24) is 9.88 Å². The van der Waals surface area contributed by atoms with Crippen molar-refractivity contribution in [3.8, 4) is 0 Å². The smallest absolute Gasteiger partial charge is 0.303 e. The fourth-order valence-electron chi connectivity index (χ4n) is 2.39. The van der Waals surface area contributed by atoms with Gasteiger partial charge in [-0.1, -0.05) is 0 Å². The van der Waals surface area contributed by atoms with E-state index in [1.165, 1.54) is 4.90 Å². The number of carbonyl (C=O) groups is 2. The molecule has 102 valence electrons. The second-order valence-electron chi connectivity index (χ2n) is 5.01. The molecule has 0 saturated carbocycles. The molecule has 6 heteroatoms. The predicted molar refractivity (Wildman–Crippen MR) is 68.2 cm³/mol. The average Bonchev–Trinajstić information content (AvgIpc) is 2.20. The zero-order valence-corrected chi connectivity index (χ0v) is 10.9. The van der Waals surface area contributed by atoms with Crippen molar-refractivity contribution in [3.05, 3.63) is 33.2 Å². The van der Waals surface area contributed by atoms with Gasteiger partial charge in [0.15, 0.2) is 0 Å². The molecule has 2 heterocycles. The number of nitrogens with zero attached hydrogens (tertiary/aromatic N) is 1. The van der Waals surface area contributed by atoms with E-state index in [0.717, 1.165) is 0 Å². The quantitative estimate of drug-likeness (QED) is 0.833. The molecule has 1 aromatic rings. The molecule has 1 aliphatic heterocycles. The molecule has 0 spiro atoms. The molecule has 1 aromatic heterocycles. The third-order valence-corrected chi connectivity index (χ3v) is 3.29. The van der Waals surface area contributed by atoms with Crippen LogP contribution < -0.4 is 5.56 Å². The van der Waals surface area contributed by atoms with Crippen molar-refractivity contribution < 1.29 is 14.7 Å². The topological polar surface area (TPSA) is 90.5 Å². The highest BCUT2D eigenvalue weighted by molar-refractivity contribution is 5.95. The highest BCUT2D eigenvalue weighted by atomic mass is 16.4. The number of H-pyrrole nitrogens is 1. The van der Waals surface area contributed by atoms with Crippen LogP contribution in [0.15, 0.2) is 10.9 Å². The summed E-state index contributed by atoms with van der Waals surface area (Å²) in [7, 11) is 0. The minimum absolute atomic E-state index is 0.00807. The standard InChI is InChI=1S/C13H16N2O4/c1-7-3-8(2)14-12(18)11(7)13(19)15-5-9(6-15)4-10(16)17/h3,9H,4-6H2,1-2H3,(H,14,18)(H,16,17). The Hall–Kier alpha value is -2.11. The molecular formula is C13H16N2O4. The Morgan fingerprint density at radius 3 is 2.58 bits per heavy atom. The summed E-state index contributed by atoms with van der Waals surface area (Å²) in [4.78, 5) is 38.6. The van der Waals surface area contributed by atoms with Crippen LogP contribution in [-0.2, 0) is 4.79 Å². The normalized spacial score (nSPS) is 15.2. The van der Waals surface area contributed by atoms with Crippen LogP contribution in [0.5, 0.6) is 0 Å². The summed E-state index contributed by atoms with van der Waals surface area (Å²) in [6.45, 7) is 4.29. The van der Waals surface area contributed by atoms with Crippen molar-refractivity contribution >= 4 is 11.9 Å². The Labute approximate surface area is 110 Å². The second-order valence-corrected chi connectivity index (χ2v) is 5.01. The van der Waals surface area contributed by atoms with E-state index >= 15 is 0 Å². The fraction of sp³-hybridized carbons (Fsp3) is 0.462. The van der Waals surface area contributed by atoms with Gasteiger partial charge in [-0.05, 0) is 25.5 Å². The lowest BCUT2D eigenvalue weighted by molar-refractivity contribution is -0.139. The number of aromatic nitrogens is 1. The number of aryl methyl sites for hydroxylation is 2. The van der Waals surface area contributed by atoms with Gasteiger partial charge in [-0.15, -0.1) is 0 Å². The van der Waals surface area contributed by atoms with Crippen molar-refractivity contribution in [2.45, 2.75) is 20.3 Å². The van der Waals surface area contributed by atoms with E-state index in [9.17, 15) is 14.4 Å². The van der Waals surface area contributed by atoms with Gasteiger partial charge in [0.05, 0.1) is 6.42 Å². The Kier molecular flexibility index (Phi) is 3.42. The minimum Gasteiger partial charge on any atom is -0.481 e. The Morgan fingerprint density at radius 1 is 1.42 bits per heavy atom. The molecule has 2 N–H and O–H groups in total. The molecule has 2 rings (SSSR count). The number of amides is 1. The van der Waals surface area contributed by atoms with Gasteiger partial charge < -0.3 is 15.0 Å². The SMILES string of the molecule is Cc1cc(C)c(C(=O)N2CC(CC(=O)O)C2)c(=O)[nH]1. The molecule has 1 amide bonds. The zero-order valence-electron chi connectivity index (χ0n) is 10.9. The number of carboxylic acid groups (broad SMARTS) is 1. The zero-order chi connectivity index (χ0) is 14.2. The molecule has 1 aliphatic rings. The van der Waals surface area contributed by atoms with Crippen molar-refractivity contribution in [1.29, 1.82) is 0 Å². The van der Waals surface area contributed by atoms with Gasteiger partial charge in [-0.25, -0.2) is 0 Å². The number of hydrogen-bond acceptors (Lipinski definition) is 3. The summed E-state index contributed by atoms with van der Waals surface area (Å²) in [6, 6.07) is 1.75. The number of aromatic amines is 1. The Bertz CT molecular complexity index is 585. The first-order chi connectivity index (χ1) is 8.88. The highest BCUT2D eigenvalue weighted by Gasteiger charge is 2.34. The maximum Gasteiger partial charge on any atom is 0.303 e. The van der Waals surface area contributed by atoms with Crippen molar-refractivity contribution in [2.24, 2.45) is 5.92 Å². The van der Waals surface area contributed by atoms with Crippen molar-refractivity contribution in [2.75, 3.05) is 13.1 Å². The van der Waals surface area contributed by atoms with Crippen LogP contribution in [0.1, 0.15) is 28.0 Å². The van der Waals surface area contributed by atoms with E-state index in [1.54, 1.807) is 19.9 Å². The number of carboxylic acids is 1. The molecule has 6 nitrogen and oxygen atoms in total. The third kappa shape index (κ3) is 2.67. The molecule has 0 aromatic carbocycles. The number of nitrogens with one attached hydrogen (secondary N) is 1. The molecular weight excluding hydrogens is 248 g/mol. The molecule has 0 unspecified atom stereocenters. The number of hydrogen-bond donors (Lipinski definition) is 2. The van der Waals surface area contributed by atoms with Crippen LogP contribution in [0.4, 0.5) is 0 Å². The maximum absolute atomic E-state index is 12.2. The van der Waals surface area contributed by atoms with Crippen LogP contribution in [0.2, 0.25) is 0 Å². The number of carbonyl (C=O) groups excluding carboxylic acids is 1. The largest absolute Gasteiger partial charge is 0.481 e. The third-order valence-electron chi connectivity index (χ3n) is 3.29. The molecule has 1 saturated heterocycles. The van der Waals surface area contributed by atoms with Crippen LogP contribution in [0.3, 0.4) is 0 Å².